The van der Waals surface area contributed by atoms with Crippen molar-refractivity contribution in [1.29, 1.82) is 0 Å². The maximum absolute atomic E-state index is 5.87. The van der Waals surface area contributed by atoms with Crippen molar-refractivity contribution in [1.82, 2.24) is 9.97 Å². The predicted octanol–water partition coefficient (Wildman–Crippen LogP) is 2.90. The van der Waals surface area contributed by atoms with Gasteiger partial charge in [0.15, 0.2) is 5.13 Å². The molecule has 0 radical (unpaired) electrons. The molecule has 0 amide bonds. The van der Waals surface area contributed by atoms with Crippen LogP contribution in [0.3, 0.4) is 0 Å². The van der Waals surface area contributed by atoms with E-state index in [-0.39, 0.29) is 0 Å². The lowest BCUT2D eigenvalue weighted by Gasteiger charge is -2.19. The van der Waals surface area contributed by atoms with Crippen molar-refractivity contribution in [2.45, 2.75) is 38.8 Å². The van der Waals surface area contributed by atoms with E-state index < -0.39 is 0 Å². The molecule has 0 atom stereocenters. The Balaban J connectivity index is 1.82. The molecule has 1 aliphatic carbocycles. The summed E-state index contributed by atoms with van der Waals surface area (Å²) in [4.78, 5) is 12.5. The SMILES string of the molecule is CCN(Cc1ccncc1)c1nc(C2CC2)c(CN)s1. The van der Waals surface area contributed by atoms with Gasteiger partial charge in [0, 0.05) is 42.8 Å². The van der Waals surface area contributed by atoms with Gasteiger partial charge in [0.2, 0.25) is 0 Å². The van der Waals surface area contributed by atoms with Crippen molar-refractivity contribution in [2.24, 2.45) is 5.73 Å². The standard InChI is InChI=1S/C15H20N4S/c1-2-19(10-11-5-7-17-8-6-11)15-18-14(12-3-4-12)13(9-16)20-15/h5-8,12H,2-4,9-10,16H2,1H3. The molecular weight excluding hydrogens is 268 g/mol. The second-order valence-electron chi connectivity index (χ2n) is 5.15. The first kappa shape index (κ1) is 13.5. The van der Waals surface area contributed by atoms with E-state index in [1.54, 1.807) is 11.3 Å². The highest BCUT2D eigenvalue weighted by atomic mass is 32.1. The van der Waals surface area contributed by atoms with Crippen molar-refractivity contribution in [3.63, 3.8) is 0 Å². The van der Waals surface area contributed by atoms with Crippen LogP contribution in [0.2, 0.25) is 0 Å². The van der Waals surface area contributed by atoms with Gasteiger partial charge in [0.1, 0.15) is 0 Å². The van der Waals surface area contributed by atoms with E-state index in [0.717, 1.165) is 18.2 Å². The molecule has 0 aromatic carbocycles. The second-order valence-corrected chi connectivity index (χ2v) is 6.21. The first-order valence-corrected chi connectivity index (χ1v) is 7.97. The van der Waals surface area contributed by atoms with Gasteiger partial charge in [-0.25, -0.2) is 4.98 Å². The summed E-state index contributed by atoms with van der Waals surface area (Å²) < 4.78 is 0. The molecule has 1 aliphatic rings. The van der Waals surface area contributed by atoms with Gasteiger partial charge in [-0.3, -0.25) is 4.98 Å². The van der Waals surface area contributed by atoms with Crippen molar-refractivity contribution in [3.8, 4) is 0 Å². The summed E-state index contributed by atoms with van der Waals surface area (Å²) in [7, 11) is 0. The second kappa shape index (κ2) is 5.89. The number of nitrogens with zero attached hydrogens (tertiary/aromatic N) is 3. The van der Waals surface area contributed by atoms with Gasteiger partial charge in [-0.1, -0.05) is 0 Å². The highest BCUT2D eigenvalue weighted by molar-refractivity contribution is 7.15. The molecule has 4 nitrogen and oxygen atoms in total. The largest absolute Gasteiger partial charge is 0.344 e. The summed E-state index contributed by atoms with van der Waals surface area (Å²) in [6.07, 6.45) is 6.22. The summed E-state index contributed by atoms with van der Waals surface area (Å²) in [5, 5.41) is 1.10. The molecule has 2 aromatic rings. The minimum absolute atomic E-state index is 0.607. The minimum Gasteiger partial charge on any atom is -0.344 e. The lowest BCUT2D eigenvalue weighted by Crippen LogP contribution is -2.21. The molecule has 2 aromatic heterocycles. The third-order valence-electron chi connectivity index (χ3n) is 3.64. The van der Waals surface area contributed by atoms with Crippen LogP contribution in [-0.2, 0) is 13.1 Å². The zero-order valence-corrected chi connectivity index (χ0v) is 12.6. The highest BCUT2D eigenvalue weighted by Crippen LogP contribution is 2.44. The fraction of sp³-hybridized carbons (Fsp3) is 0.467. The van der Waals surface area contributed by atoms with Crippen molar-refractivity contribution < 1.29 is 0 Å². The Hall–Kier alpha value is -1.46. The monoisotopic (exact) mass is 288 g/mol. The van der Waals surface area contributed by atoms with Crippen LogP contribution in [0.25, 0.3) is 0 Å². The van der Waals surface area contributed by atoms with E-state index >= 15 is 0 Å². The van der Waals surface area contributed by atoms with Gasteiger partial charge in [-0.05, 0) is 37.5 Å². The fourth-order valence-electron chi connectivity index (χ4n) is 2.33. The van der Waals surface area contributed by atoms with Crippen LogP contribution in [-0.4, -0.2) is 16.5 Å². The molecule has 106 valence electrons. The molecule has 0 unspecified atom stereocenters. The summed E-state index contributed by atoms with van der Waals surface area (Å²) in [6.45, 7) is 4.60. The molecule has 0 aliphatic heterocycles. The Morgan fingerprint density at radius 1 is 1.35 bits per heavy atom. The van der Waals surface area contributed by atoms with E-state index in [9.17, 15) is 0 Å². The maximum Gasteiger partial charge on any atom is 0.186 e. The molecule has 5 heteroatoms. The Morgan fingerprint density at radius 2 is 2.10 bits per heavy atom. The molecule has 3 rings (SSSR count). The van der Waals surface area contributed by atoms with E-state index in [1.165, 1.54) is 29.0 Å². The Labute approximate surface area is 123 Å². The van der Waals surface area contributed by atoms with Crippen LogP contribution in [0.15, 0.2) is 24.5 Å². The van der Waals surface area contributed by atoms with Gasteiger partial charge < -0.3 is 10.6 Å². The summed E-state index contributed by atoms with van der Waals surface area (Å²) in [5.74, 6) is 0.665. The Bertz CT molecular complexity index is 563. The summed E-state index contributed by atoms with van der Waals surface area (Å²) >= 11 is 1.75. The van der Waals surface area contributed by atoms with Crippen LogP contribution < -0.4 is 10.6 Å². The van der Waals surface area contributed by atoms with Crippen LogP contribution in [0.1, 0.15) is 41.8 Å². The van der Waals surface area contributed by atoms with Gasteiger partial charge >= 0.3 is 0 Å². The van der Waals surface area contributed by atoms with E-state index in [0.29, 0.717) is 12.5 Å². The van der Waals surface area contributed by atoms with Gasteiger partial charge in [-0.15, -0.1) is 11.3 Å². The quantitative estimate of drug-likeness (QED) is 0.888. The normalized spacial score (nSPS) is 14.5. The maximum atomic E-state index is 5.87. The lowest BCUT2D eigenvalue weighted by atomic mass is 10.2. The molecule has 0 saturated heterocycles. The zero-order valence-electron chi connectivity index (χ0n) is 11.7. The number of hydrogen-bond donors (Lipinski definition) is 1. The molecule has 0 spiro atoms. The van der Waals surface area contributed by atoms with E-state index in [4.69, 9.17) is 10.7 Å². The summed E-state index contributed by atoms with van der Waals surface area (Å²) in [5.41, 5.74) is 8.38. The number of anilines is 1. The number of thiazole rings is 1. The van der Waals surface area contributed by atoms with Crippen molar-refractivity contribution in [2.75, 3.05) is 11.4 Å². The number of nitrogens with two attached hydrogens (primary N) is 1. The molecule has 2 N–H and O–H groups in total. The number of aromatic nitrogens is 2. The minimum atomic E-state index is 0.607. The van der Waals surface area contributed by atoms with Crippen molar-refractivity contribution in [3.05, 3.63) is 40.7 Å². The predicted molar refractivity (Wildman–Crippen MR) is 82.9 cm³/mol. The van der Waals surface area contributed by atoms with Crippen LogP contribution in [0.4, 0.5) is 5.13 Å². The number of rotatable bonds is 6. The van der Waals surface area contributed by atoms with Gasteiger partial charge in [0.25, 0.3) is 0 Å². The van der Waals surface area contributed by atoms with Crippen LogP contribution in [0.5, 0.6) is 0 Å². The summed E-state index contributed by atoms with van der Waals surface area (Å²) in [6, 6.07) is 4.11. The van der Waals surface area contributed by atoms with Gasteiger partial charge in [0.05, 0.1) is 5.69 Å². The van der Waals surface area contributed by atoms with E-state index in [2.05, 4.69) is 28.9 Å². The molecule has 1 saturated carbocycles. The molecule has 0 bridgehead atoms. The first-order valence-electron chi connectivity index (χ1n) is 7.15. The number of pyridine rings is 1. The highest BCUT2D eigenvalue weighted by Gasteiger charge is 2.29. The fourth-order valence-corrected chi connectivity index (χ4v) is 3.42. The molecule has 20 heavy (non-hydrogen) atoms. The lowest BCUT2D eigenvalue weighted by molar-refractivity contribution is 0.819. The molecular formula is C15H20N4S. The topological polar surface area (TPSA) is 55.0 Å². The third kappa shape index (κ3) is 2.83. The average Bonchev–Trinajstić information content (AvgIpc) is 3.25. The Kier molecular flexibility index (Phi) is 3.98. The average molecular weight is 288 g/mol. The van der Waals surface area contributed by atoms with Crippen LogP contribution in [0, 0.1) is 0 Å². The van der Waals surface area contributed by atoms with Crippen LogP contribution >= 0.6 is 11.3 Å². The third-order valence-corrected chi connectivity index (χ3v) is 4.80. The Morgan fingerprint density at radius 3 is 2.70 bits per heavy atom. The smallest absolute Gasteiger partial charge is 0.186 e. The molecule has 2 heterocycles. The first-order chi connectivity index (χ1) is 9.81. The number of hydrogen-bond acceptors (Lipinski definition) is 5. The van der Waals surface area contributed by atoms with Crippen molar-refractivity contribution >= 4 is 16.5 Å². The van der Waals surface area contributed by atoms with E-state index in [1.807, 2.05) is 12.4 Å². The zero-order chi connectivity index (χ0) is 13.9. The van der Waals surface area contributed by atoms with Gasteiger partial charge in [-0.2, -0.15) is 0 Å². The molecule has 1 fully saturated rings.